The van der Waals surface area contributed by atoms with Crippen molar-refractivity contribution in [2.75, 3.05) is 19.0 Å². The number of carbonyl (C=O) groups excluding carboxylic acids is 1. The van der Waals surface area contributed by atoms with Gasteiger partial charge in [-0.15, -0.1) is 11.6 Å². The van der Waals surface area contributed by atoms with Crippen LogP contribution in [0.2, 0.25) is 5.02 Å². The van der Waals surface area contributed by atoms with Crippen LogP contribution in [0, 0.1) is 0 Å². The lowest BCUT2D eigenvalue weighted by atomic mass is 10.2. The third kappa shape index (κ3) is 4.16. The molecule has 1 rings (SSSR count). The van der Waals surface area contributed by atoms with Gasteiger partial charge in [0, 0.05) is 28.5 Å². The standard InChI is InChI=1S/C12H14BrCl2NO/c1-2-6-16(7-5-14)12(17)10-8-9(15)3-4-11(10)13/h3-4,8H,2,5-7H2,1H3. The Morgan fingerprint density at radius 1 is 1.41 bits per heavy atom. The SMILES string of the molecule is CCCN(CCCl)C(=O)c1cc(Cl)ccc1Br. The monoisotopic (exact) mass is 337 g/mol. The molecule has 0 heterocycles. The Bertz CT molecular complexity index is 392. The fourth-order valence-corrected chi connectivity index (χ4v) is 2.31. The van der Waals surface area contributed by atoms with Crippen LogP contribution < -0.4 is 0 Å². The average Bonchev–Trinajstić information content (AvgIpc) is 2.31. The largest absolute Gasteiger partial charge is 0.337 e. The Labute approximate surface area is 120 Å². The van der Waals surface area contributed by atoms with Gasteiger partial charge >= 0.3 is 0 Å². The molecule has 94 valence electrons. The summed E-state index contributed by atoms with van der Waals surface area (Å²) in [5.74, 6) is 0.395. The van der Waals surface area contributed by atoms with E-state index >= 15 is 0 Å². The lowest BCUT2D eigenvalue weighted by Crippen LogP contribution is -2.33. The van der Waals surface area contributed by atoms with E-state index in [9.17, 15) is 4.79 Å². The number of alkyl halides is 1. The highest BCUT2D eigenvalue weighted by Gasteiger charge is 2.17. The van der Waals surface area contributed by atoms with Gasteiger partial charge in [0.15, 0.2) is 0 Å². The van der Waals surface area contributed by atoms with Crippen LogP contribution in [-0.4, -0.2) is 29.8 Å². The van der Waals surface area contributed by atoms with Crippen LogP contribution in [0.1, 0.15) is 23.7 Å². The molecular formula is C12H14BrCl2NO. The summed E-state index contributed by atoms with van der Waals surface area (Å²) in [6, 6.07) is 5.19. The molecule has 0 fully saturated rings. The number of rotatable bonds is 5. The molecule has 0 radical (unpaired) electrons. The summed E-state index contributed by atoms with van der Waals surface area (Å²) in [4.78, 5) is 14.0. The first-order valence-corrected chi connectivity index (χ1v) is 7.11. The smallest absolute Gasteiger partial charge is 0.255 e. The quantitative estimate of drug-likeness (QED) is 0.737. The first-order chi connectivity index (χ1) is 8.10. The molecule has 0 atom stereocenters. The first kappa shape index (κ1) is 14.8. The summed E-state index contributed by atoms with van der Waals surface area (Å²) < 4.78 is 0.752. The fraction of sp³-hybridized carbons (Fsp3) is 0.417. The van der Waals surface area contributed by atoms with Crippen LogP contribution in [0.3, 0.4) is 0 Å². The molecule has 1 amide bonds. The van der Waals surface area contributed by atoms with Crippen molar-refractivity contribution in [3.05, 3.63) is 33.3 Å². The maximum absolute atomic E-state index is 12.3. The summed E-state index contributed by atoms with van der Waals surface area (Å²) in [7, 11) is 0. The molecule has 0 saturated heterocycles. The molecule has 0 saturated carbocycles. The minimum absolute atomic E-state index is 0.0399. The average molecular weight is 339 g/mol. The topological polar surface area (TPSA) is 20.3 Å². The maximum atomic E-state index is 12.3. The van der Waals surface area contributed by atoms with Gasteiger partial charge in [0.1, 0.15) is 0 Å². The van der Waals surface area contributed by atoms with Crippen molar-refractivity contribution in [1.29, 1.82) is 0 Å². The van der Waals surface area contributed by atoms with E-state index in [4.69, 9.17) is 23.2 Å². The Kier molecular flexibility index (Phi) is 6.31. The predicted octanol–water partition coefficient (Wildman–Crippen LogP) is 4.19. The van der Waals surface area contributed by atoms with E-state index in [1.165, 1.54) is 0 Å². The number of amides is 1. The Hall–Kier alpha value is -0.250. The number of hydrogen-bond acceptors (Lipinski definition) is 1. The zero-order valence-electron chi connectivity index (χ0n) is 9.55. The molecule has 0 aromatic heterocycles. The number of benzene rings is 1. The van der Waals surface area contributed by atoms with Crippen LogP contribution in [0.5, 0.6) is 0 Å². The van der Waals surface area contributed by atoms with Crippen LogP contribution >= 0.6 is 39.1 Å². The summed E-state index contributed by atoms with van der Waals surface area (Å²) in [6.45, 7) is 3.28. The second-order valence-corrected chi connectivity index (χ2v) is 5.27. The molecular weight excluding hydrogens is 325 g/mol. The molecule has 1 aromatic rings. The number of hydrogen-bond donors (Lipinski definition) is 0. The maximum Gasteiger partial charge on any atom is 0.255 e. The van der Waals surface area contributed by atoms with Crippen LogP contribution in [0.25, 0.3) is 0 Å². The predicted molar refractivity (Wildman–Crippen MR) is 76.1 cm³/mol. The molecule has 0 spiro atoms. The van der Waals surface area contributed by atoms with Crippen molar-refractivity contribution >= 4 is 45.0 Å². The molecule has 0 bridgehead atoms. The van der Waals surface area contributed by atoms with E-state index in [0.29, 0.717) is 29.6 Å². The first-order valence-electron chi connectivity index (χ1n) is 5.40. The van der Waals surface area contributed by atoms with E-state index in [0.717, 1.165) is 10.9 Å². The molecule has 0 aliphatic carbocycles. The van der Waals surface area contributed by atoms with Gasteiger partial charge in [-0.1, -0.05) is 18.5 Å². The van der Waals surface area contributed by atoms with Gasteiger partial charge in [-0.2, -0.15) is 0 Å². The van der Waals surface area contributed by atoms with Crippen molar-refractivity contribution in [3.63, 3.8) is 0 Å². The van der Waals surface area contributed by atoms with Crippen molar-refractivity contribution < 1.29 is 4.79 Å². The molecule has 0 aliphatic heterocycles. The van der Waals surface area contributed by atoms with Gasteiger partial charge in [0.25, 0.3) is 5.91 Å². The highest BCUT2D eigenvalue weighted by atomic mass is 79.9. The van der Waals surface area contributed by atoms with Crippen LogP contribution in [0.4, 0.5) is 0 Å². The Balaban J connectivity index is 2.95. The zero-order valence-corrected chi connectivity index (χ0v) is 12.6. The van der Waals surface area contributed by atoms with Gasteiger partial charge in [-0.3, -0.25) is 4.79 Å². The van der Waals surface area contributed by atoms with Gasteiger partial charge in [-0.25, -0.2) is 0 Å². The van der Waals surface area contributed by atoms with Gasteiger partial charge in [0.05, 0.1) is 5.56 Å². The van der Waals surface area contributed by atoms with E-state index < -0.39 is 0 Å². The fourth-order valence-electron chi connectivity index (χ4n) is 1.52. The van der Waals surface area contributed by atoms with Crippen molar-refractivity contribution in [3.8, 4) is 0 Å². The van der Waals surface area contributed by atoms with Crippen molar-refractivity contribution in [2.45, 2.75) is 13.3 Å². The molecule has 0 N–H and O–H groups in total. The number of nitrogens with zero attached hydrogens (tertiary/aromatic N) is 1. The zero-order chi connectivity index (χ0) is 12.8. The minimum Gasteiger partial charge on any atom is -0.337 e. The Morgan fingerprint density at radius 3 is 2.71 bits per heavy atom. The molecule has 17 heavy (non-hydrogen) atoms. The van der Waals surface area contributed by atoms with Gasteiger partial charge in [-0.05, 0) is 40.5 Å². The second kappa shape index (κ2) is 7.24. The van der Waals surface area contributed by atoms with E-state index in [1.807, 2.05) is 6.92 Å². The highest BCUT2D eigenvalue weighted by Crippen LogP contribution is 2.22. The Morgan fingerprint density at radius 2 is 2.12 bits per heavy atom. The molecule has 0 aliphatic rings. The lowest BCUT2D eigenvalue weighted by molar-refractivity contribution is 0.0764. The molecule has 5 heteroatoms. The summed E-state index contributed by atoms with van der Waals surface area (Å²) >= 11 is 15.0. The lowest BCUT2D eigenvalue weighted by Gasteiger charge is -2.21. The molecule has 2 nitrogen and oxygen atoms in total. The van der Waals surface area contributed by atoms with Crippen LogP contribution in [0.15, 0.2) is 22.7 Å². The normalized spacial score (nSPS) is 10.4. The number of halogens is 3. The van der Waals surface area contributed by atoms with Gasteiger partial charge < -0.3 is 4.90 Å². The second-order valence-electron chi connectivity index (χ2n) is 3.61. The third-order valence-corrected chi connectivity index (χ3v) is 3.39. The summed E-state index contributed by atoms with van der Waals surface area (Å²) in [5.41, 5.74) is 0.580. The molecule has 0 unspecified atom stereocenters. The summed E-state index contributed by atoms with van der Waals surface area (Å²) in [5, 5.41) is 0.555. The third-order valence-electron chi connectivity index (χ3n) is 2.29. The molecule has 1 aromatic carbocycles. The van der Waals surface area contributed by atoms with Crippen molar-refractivity contribution in [2.24, 2.45) is 0 Å². The van der Waals surface area contributed by atoms with E-state index in [-0.39, 0.29) is 5.91 Å². The van der Waals surface area contributed by atoms with Crippen LogP contribution in [-0.2, 0) is 0 Å². The van der Waals surface area contributed by atoms with E-state index in [1.54, 1.807) is 23.1 Å². The summed E-state index contributed by atoms with van der Waals surface area (Å²) in [6.07, 6.45) is 0.904. The van der Waals surface area contributed by atoms with Gasteiger partial charge in [0.2, 0.25) is 0 Å². The van der Waals surface area contributed by atoms with Crippen molar-refractivity contribution in [1.82, 2.24) is 4.90 Å². The minimum atomic E-state index is -0.0399. The number of carbonyl (C=O) groups is 1. The van der Waals surface area contributed by atoms with E-state index in [2.05, 4.69) is 15.9 Å². The highest BCUT2D eigenvalue weighted by molar-refractivity contribution is 9.10.